The predicted molar refractivity (Wildman–Crippen MR) is 103 cm³/mol. The summed E-state index contributed by atoms with van der Waals surface area (Å²) in [5, 5.41) is 0. The van der Waals surface area contributed by atoms with Crippen molar-refractivity contribution < 1.29 is 14.3 Å². The Labute approximate surface area is 157 Å². The van der Waals surface area contributed by atoms with Crippen LogP contribution in [0, 0.1) is 5.92 Å². The Balaban J connectivity index is 0.00000312. The van der Waals surface area contributed by atoms with Crippen molar-refractivity contribution in [2.24, 2.45) is 11.7 Å². The molecule has 142 valence electrons. The molecule has 1 aliphatic rings. The molecule has 0 aromatic heterocycles. The van der Waals surface area contributed by atoms with Crippen LogP contribution >= 0.6 is 12.4 Å². The molecule has 2 rings (SSSR count). The third-order valence-corrected chi connectivity index (χ3v) is 5.21. The van der Waals surface area contributed by atoms with Gasteiger partial charge in [0, 0.05) is 19.1 Å². The van der Waals surface area contributed by atoms with Gasteiger partial charge in [-0.05, 0) is 57.2 Å². The fraction of sp³-hybridized carbons (Fsp3) is 0.632. The second-order valence-corrected chi connectivity index (χ2v) is 7.18. The summed E-state index contributed by atoms with van der Waals surface area (Å²) in [6, 6.07) is 5.88. The molecule has 1 amide bonds. The normalized spacial score (nSPS) is 16.8. The van der Waals surface area contributed by atoms with Gasteiger partial charge in [0.1, 0.15) is 0 Å². The van der Waals surface area contributed by atoms with Gasteiger partial charge in [-0.1, -0.05) is 6.07 Å². The van der Waals surface area contributed by atoms with E-state index < -0.39 is 5.41 Å². The minimum atomic E-state index is -0.610. The summed E-state index contributed by atoms with van der Waals surface area (Å²) in [5.74, 6) is 1.98. The quantitative estimate of drug-likeness (QED) is 0.865. The number of nitrogens with zero attached hydrogens (tertiary/aromatic N) is 1. The number of piperidine rings is 1. The molecule has 1 unspecified atom stereocenters. The first-order valence-corrected chi connectivity index (χ1v) is 8.58. The van der Waals surface area contributed by atoms with Crippen LogP contribution in [0.2, 0.25) is 0 Å². The summed E-state index contributed by atoms with van der Waals surface area (Å²) in [7, 11) is 3.21. The van der Waals surface area contributed by atoms with Gasteiger partial charge in [0.15, 0.2) is 11.5 Å². The van der Waals surface area contributed by atoms with E-state index in [9.17, 15) is 4.79 Å². The molecule has 0 saturated carbocycles. The van der Waals surface area contributed by atoms with Crippen LogP contribution in [-0.4, -0.2) is 44.2 Å². The van der Waals surface area contributed by atoms with Gasteiger partial charge >= 0.3 is 0 Å². The Morgan fingerprint density at radius 1 is 1.20 bits per heavy atom. The maximum atomic E-state index is 13.1. The van der Waals surface area contributed by atoms with Crippen LogP contribution in [0.1, 0.15) is 39.2 Å². The van der Waals surface area contributed by atoms with Crippen molar-refractivity contribution in [1.82, 2.24) is 4.90 Å². The molecule has 1 aromatic carbocycles. The number of methoxy groups -OCH3 is 2. The zero-order valence-corrected chi connectivity index (χ0v) is 16.7. The fourth-order valence-corrected chi connectivity index (χ4v) is 3.37. The average Bonchev–Trinajstić information content (AvgIpc) is 2.60. The van der Waals surface area contributed by atoms with E-state index in [2.05, 4.69) is 6.92 Å². The molecule has 5 nitrogen and oxygen atoms in total. The van der Waals surface area contributed by atoms with Crippen LogP contribution in [0.25, 0.3) is 0 Å². The number of nitrogens with two attached hydrogens (primary N) is 1. The highest BCUT2D eigenvalue weighted by Crippen LogP contribution is 2.35. The SMILES string of the molecule is COc1ccc(C(C)(C)C(=O)N2CCC(C(C)N)CC2)cc1OC.Cl. The third kappa shape index (κ3) is 4.59. The number of amides is 1. The molecule has 1 saturated heterocycles. The van der Waals surface area contributed by atoms with Gasteiger partial charge in [-0.2, -0.15) is 0 Å². The van der Waals surface area contributed by atoms with E-state index in [1.807, 2.05) is 36.9 Å². The molecule has 0 radical (unpaired) electrons. The van der Waals surface area contributed by atoms with Crippen molar-refractivity contribution in [2.45, 2.75) is 45.1 Å². The minimum Gasteiger partial charge on any atom is -0.493 e. The first-order valence-electron chi connectivity index (χ1n) is 8.58. The molecule has 1 fully saturated rings. The average molecular weight is 371 g/mol. The molecule has 1 atom stereocenters. The Morgan fingerprint density at radius 3 is 2.24 bits per heavy atom. The van der Waals surface area contributed by atoms with Gasteiger partial charge in [0.2, 0.25) is 5.91 Å². The van der Waals surface area contributed by atoms with Crippen LogP contribution in [-0.2, 0) is 10.2 Å². The molecule has 25 heavy (non-hydrogen) atoms. The van der Waals surface area contributed by atoms with Gasteiger partial charge < -0.3 is 20.1 Å². The van der Waals surface area contributed by atoms with Crippen LogP contribution in [0.5, 0.6) is 11.5 Å². The number of carbonyl (C=O) groups is 1. The van der Waals surface area contributed by atoms with Crippen molar-refractivity contribution >= 4 is 18.3 Å². The van der Waals surface area contributed by atoms with E-state index >= 15 is 0 Å². The molecule has 1 aliphatic heterocycles. The largest absolute Gasteiger partial charge is 0.493 e. The highest BCUT2D eigenvalue weighted by Gasteiger charge is 2.36. The summed E-state index contributed by atoms with van der Waals surface area (Å²) < 4.78 is 10.7. The third-order valence-electron chi connectivity index (χ3n) is 5.21. The second-order valence-electron chi connectivity index (χ2n) is 7.18. The van der Waals surface area contributed by atoms with Crippen molar-refractivity contribution in [3.05, 3.63) is 23.8 Å². The van der Waals surface area contributed by atoms with Gasteiger partial charge in [-0.25, -0.2) is 0 Å². The number of likely N-dealkylation sites (tertiary alicyclic amines) is 1. The Morgan fingerprint density at radius 2 is 1.76 bits per heavy atom. The van der Waals surface area contributed by atoms with Crippen molar-refractivity contribution in [1.29, 1.82) is 0 Å². The first-order chi connectivity index (χ1) is 11.3. The van der Waals surface area contributed by atoms with E-state index in [0.717, 1.165) is 31.5 Å². The fourth-order valence-electron chi connectivity index (χ4n) is 3.37. The minimum absolute atomic E-state index is 0. The van der Waals surface area contributed by atoms with E-state index in [4.69, 9.17) is 15.2 Å². The van der Waals surface area contributed by atoms with Crippen molar-refractivity contribution in [3.63, 3.8) is 0 Å². The summed E-state index contributed by atoms with van der Waals surface area (Å²) in [5.41, 5.74) is 6.32. The molecular formula is C19H31ClN2O3. The smallest absolute Gasteiger partial charge is 0.232 e. The lowest BCUT2D eigenvalue weighted by atomic mass is 9.81. The first kappa shape index (κ1) is 21.6. The highest BCUT2D eigenvalue weighted by atomic mass is 35.5. The topological polar surface area (TPSA) is 64.8 Å². The molecule has 0 bridgehead atoms. The summed E-state index contributed by atoms with van der Waals surface area (Å²) in [6.07, 6.45) is 1.96. The molecule has 0 spiro atoms. The van der Waals surface area contributed by atoms with Crippen molar-refractivity contribution in [2.75, 3.05) is 27.3 Å². The Kier molecular flexibility index (Phi) is 7.57. The van der Waals surface area contributed by atoms with Crippen LogP contribution in [0.3, 0.4) is 0 Å². The molecule has 2 N–H and O–H groups in total. The van der Waals surface area contributed by atoms with Gasteiger partial charge in [-0.15, -0.1) is 12.4 Å². The number of benzene rings is 1. The molecule has 0 aliphatic carbocycles. The molecule has 6 heteroatoms. The number of hydrogen-bond acceptors (Lipinski definition) is 4. The van der Waals surface area contributed by atoms with Gasteiger partial charge in [0.05, 0.1) is 19.6 Å². The molecular weight excluding hydrogens is 340 g/mol. The van der Waals surface area contributed by atoms with Gasteiger partial charge in [0.25, 0.3) is 0 Å². The lowest BCUT2D eigenvalue weighted by Gasteiger charge is -2.38. The van der Waals surface area contributed by atoms with Crippen molar-refractivity contribution in [3.8, 4) is 11.5 Å². The summed E-state index contributed by atoms with van der Waals surface area (Å²) in [4.78, 5) is 15.0. The highest BCUT2D eigenvalue weighted by molar-refractivity contribution is 5.87. The lowest BCUT2D eigenvalue weighted by Crippen LogP contribution is -2.48. The van der Waals surface area contributed by atoms with E-state index in [1.165, 1.54) is 0 Å². The Hall–Kier alpha value is -1.46. The van der Waals surface area contributed by atoms with Crippen LogP contribution in [0.4, 0.5) is 0 Å². The van der Waals surface area contributed by atoms with Gasteiger partial charge in [-0.3, -0.25) is 4.79 Å². The maximum absolute atomic E-state index is 13.1. The predicted octanol–water partition coefficient (Wildman–Crippen LogP) is 2.99. The van der Waals surface area contributed by atoms with Crippen LogP contribution in [0.15, 0.2) is 18.2 Å². The van der Waals surface area contributed by atoms with E-state index in [0.29, 0.717) is 17.4 Å². The van der Waals surface area contributed by atoms with E-state index in [-0.39, 0.29) is 24.4 Å². The zero-order valence-electron chi connectivity index (χ0n) is 15.9. The van der Waals surface area contributed by atoms with Crippen LogP contribution < -0.4 is 15.2 Å². The maximum Gasteiger partial charge on any atom is 0.232 e. The standard InChI is InChI=1S/C19H30N2O3.ClH/c1-13(20)14-8-10-21(11-9-14)18(22)19(2,3)15-6-7-16(23-4)17(12-15)24-5;/h6-7,12-14H,8-11,20H2,1-5H3;1H. The van der Waals surface area contributed by atoms with E-state index in [1.54, 1.807) is 14.2 Å². The number of ether oxygens (including phenoxy) is 2. The Bertz CT molecular complexity index is 582. The lowest BCUT2D eigenvalue weighted by molar-refractivity contribution is -0.137. The monoisotopic (exact) mass is 370 g/mol. The molecule has 1 heterocycles. The second kappa shape index (κ2) is 8.77. The summed E-state index contributed by atoms with van der Waals surface area (Å²) in [6.45, 7) is 7.54. The number of carbonyl (C=O) groups excluding carboxylic acids is 1. The zero-order chi connectivity index (χ0) is 17.9. The number of halogens is 1. The number of hydrogen-bond donors (Lipinski definition) is 1. The molecule has 1 aromatic rings. The summed E-state index contributed by atoms with van der Waals surface area (Å²) >= 11 is 0. The number of rotatable bonds is 5.